The fourth-order valence-corrected chi connectivity index (χ4v) is 1.21. The number of nitrogens with one attached hydrogen (secondary N) is 1. The second-order valence-electron chi connectivity index (χ2n) is 2.89. The molecule has 0 radical (unpaired) electrons. The van der Waals surface area contributed by atoms with Crippen LogP contribution in [0.15, 0.2) is 30.9 Å². The number of ketones is 1. The average molecular weight is 193 g/mol. The third-order valence-electron chi connectivity index (χ3n) is 1.80. The lowest BCUT2D eigenvalue weighted by molar-refractivity contribution is 0.101. The maximum atomic E-state index is 13.2. The normalized spacial score (nSPS) is 9.57. The van der Waals surface area contributed by atoms with Crippen molar-refractivity contribution >= 4 is 11.5 Å². The van der Waals surface area contributed by atoms with E-state index in [2.05, 4.69) is 11.9 Å². The molecule has 0 spiro atoms. The van der Waals surface area contributed by atoms with Crippen LogP contribution in [0.25, 0.3) is 0 Å². The monoisotopic (exact) mass is 193 g/mol. The highest BCUT2D eigenvalue weighted by molar-refractivity contribution is 5.99. The Morgan fingerprint density at radius 3 is 2.93 bits per heavy atom. The predicted molar refractivity (Wildman–Crippen MR) is 55.1 cm³/mol. The standard InChI is InChI=1S/C11H12FNO/c1-3-7-13-10-6-4-5-9(12)11(10)8(2)14/h3-6,13H,1,7H2,2H3. The van der Waals surface area contributed by atoms with Crippen LogP contribution >= 0.6 is 0 Å². The molecule has 1 N–H and O–H groups in total. The lowest BCUT2D eigenvalue weighted by Gasteiger charge is -2.08. The molecule has 74 valence electrons. The van der Waals surface area contributed by atoms with E-state index in [0.717, 1.165) is 0 Å². The molecule has 1 aromatic rings. The number of halogens is 1. The van der Waals surface area contributed by atoms with Crippen molar-refractivity contribution in [2.75, 3.05) is 11.9 Å². The molecule has 2 nitrogen and oxygen atoms in total. The van der Waals surface area contributed by atoms with Gasteiger partial charge in [0, 0.05) is 12.2 Å². The summed E-state index contributed by atoms with van der Waals surface area (Å²) in [6.07, 6.45) is 1.65. The van der Waals surface area contributed by atoms with E-state index in [9.17, 15) is 9.18 Å². The molecule has 0 amide bonds. The van der Waals surface area contributed by atoms with Gasteiger partial charge in [0.05, 0.1) is 5.56 Å². The van der Waals surface area contributed by atoms with E-state index in [-0.39, 0.29) is 11.3 Å². The number of carbonyl (C=O) groups is 1. The Balaban J connectivity index is 3.07. The molecule has 0 heterocycles. The number of benzene rings is 1. The second kappa shape index (κ2) is 4.56. The first-order chi connectivity index (χ1) is 6.66. The summed E-state index contributed by atoms with van der Waals surface area (Å²) in [5.41, 5.74) is 0.617. The first-order valence-electron chi connectivity index (χ1n) is 4.31. The van der Waals surface area contributed by atoms with Crippen molar-refractivity contribution in [1.82, 2.24) is 0 Å². The van der Waals surface area contributed by atoms with Crippen molar-refractivity contribution in [2.45, 2.75) is 6.92 Å². The van der Waals surface area contributed by atoms with Gasteiger partial charge in [-0.15, -0.1) is 6.58 Å². The summed E-state index contributed by atoms with van der Waals surface area (Å²) in [6, 6.07) is 4.51. The number of anilines is 1. The molecular weight excluding hydrogens is 181 g/mol. The molecule has 14 heavy (non-hydrogen) atoms. The van der Waals surface area contributed by atoms with Gasteiger partial charge in [0.1, 0.15) is 5.82 Å². The fraction of sp³-hybridized carbons (Fsp3) is 0.182. The lowest BCUT2D eigenvalue weighted by atomic mass is 10.1. The average Bonchev–Trinajstić information content (AvgIpc) is 2.14. The van der Waals surface area contributed by atoms with E-state index in [1.165, 1.54) is 13.0 Å². The van der Waals surface area contributed by atoms with Gasteiger partial charge in [-0.2, -0.15) is 0 Å². The van der Waals surface area contributed by atoms with Gasteiger partial charge in [0.15, 0.2) is 5.78 Å². The molecule has 0 saturated heterocycles. The third kappa shape index (κ3) is 2.19. The molecule has 0 atom stereocenters. The summed E-state index contributed by atoms with van der Waals surface area (Å²) in [7, 11) is 0. The summed E-state index contributed by atoms with van der Waals surface area (Å²) in [6.45, 7) is 5.38. The van der Waals surface area contributed by atoms with Crippen LogP contribution in [0.5, 0.6) is 0 Å². The van der Waals surface area contributed by atoms with E-state index in [1.54, 1.807) is 18.2 Å². The van der Waals surface area contributed by atoms with Gasteiger partial charge in [-0.1, -0.05) is 12.1 Å². The van der Waals surface area contributed by atoms with E-state index >= 15 is 0 Å². The minimum atomic E-state index is -0.494. The topological polar surface area (TPSA) is 29.1 Å². The summed E-state index contributed by atoms with van der Waals surface area (Å²) in [5, 5.41) is 2.91. The Kier molecular flexibility index (Phi) is 3.40. The van der Waals surface area contributed by atoms with Crippen molar-refractivity contribution in [1.29, 1.82) is 0 Å². The van der Waals surface area contributed by atoms with Crippen LogP contribution in [0.4, 0.5) is 10.1 Å². The summed E-state index contributed by atoms with van der Waals surface area (Å²) in [5.74, 6) is -0.777. The molecule has 0 bridgehead atoms. The van der Waals surface area contributed by atoms with Crippen molar-refractivity contribution < 1.29 is 9.18 Å². The summed E-state index contributed by atoms with van der Waals surface area (Å²) >= 11 is 0. The predicted octanol–water partition coefficient (Wildman–Crippen LogP) is 2.63. The van der Waals surface area contributed by atoms with E-state index in [4.69, 9.17) is 0 Å². The van der Waals surface area contributed by atoms with Gasteiger partial charge in [-0.25, -0.2) is 4.39 Å². The molecular formula is C11H12FNO. The molecule has 0 aromatic heterocycles. The Hall–Kier alpha value is -1.64. The van der Waals surface area contributed by atoms with Crippen molar-refractivity contribution in [2.24, 2.45) is 0 Å². The number of Topliss-reactive ketones (excluding diaryl/α,β-unsaturated/α-hetero) is 1. The molecule has 1 rings (SSSR count). The molecule has 0 unspecified atom stereocenters. The van der Waals surface area contributed by atoms with Crippen LogP contribution in [0.2, 0.25) is 0 Å². The largest absolute Gasteiger partial charge is 0.381 e. The Morgan fingerprint density at radius 2 is 2.36 bits per heavy atom. The fourth-order valence-electron chi connectivity index (χ4n) is 1.21. The minimum Gasteiger partial charge on any atom is -0.381 e. The Labute approximate surface area is 82.4 Å². The maximum absolute atomic E-state index is 13.2. The molecule has 0 saturated carbocycles. The highest BCUT2D eigenvalue weighted by Crippen LogP contribution is 2.19. The summed E-state index contributed by atoms with van der Waals surface area (Å²) in [4.78, 5) is 11.1. The number of hydrogen-bond donors (Lipinski definition) is 1. The van der Waals surface area contributed by atoms with Gasteiger partial charge < -0.3 is 5.32 Å². The molecule has 3 heteroatoms. The van der Waals surface area contributed by atoms with E-state index < -0.39 is 5.82 Å². The Bertz CT molecular complexity index is 360. The molecule has 0 aliphatic rings. The molecule has 0 fully saturated rings. The van der Waals surface area contributed by atoms with Crippen LogP contribution in [0, 0.1) is 5.82 Å². The lowest BCUT2D eigenvalue weighted by Crippen LogP contribution is -2.06. The number of hydrogen-bond acceptors (Lipinski definition) is 2. The van der Waals surface area contributed by atoms with Crippen LogP contribution in [-0.2, 0) is 0 Å². The third-order valence-corrected chi connectivity index (χ3v) is 1.80. The van der Waals surface area contributed by atoms with Crippen LogP contribution in [0.1, 0.15) is 17.3 Å². The van der Waals surface area contributed by atoms with Crippen molar-refractivity contribution in [3.05, 3.63) is 42.2 Å². The minimum absolute atomic E-state index is 0.106. The Morgan fingerprint density at radius 1 is 1.64 bits per heavy atom. The van der Waals surface area contributed by atoms with Gasteiger partial charge in [0.25, 0.3) is 0 Å². The van der Waals surface area contributed by atoms with Crippen LogP contribution in [0.3, 0.4) is 0 Å². The maximum Gasteiger partial charge on any atom is 0.164 e. The van der Waals surface area contributed by atoms with Gasteiger partial charge in [0.2, 0.25) is 0 Å². The van der Waals surface area contributed by atoms with E-state index in [0.29, 0.717) is 12.2 Å². The zero-order chi connectivity index (χ0) is 10.6. The van der Waals surface area contributed by atoms with Gasteiger partial charge in [-0.3, -0.25) is 4.79 Å². The first-order valence-corrected chi connectivity index (χ1v) is 4.31. The van der Waals surface area contributed by atoms with Gasteiger partial charge >= 0.3 is 0 Å². The summed E-state index contributed by atoms with van der Waals surface area (Å²) < 4.78 is 13.2. The first kappa shape index (κ1) is 10.4. The van der Waals surface area contributed by atoms with Crippen LogP contribution in [-0.4, -0.2) is 12.3 Å². The number of carbonyl (C=O) groups excluding carboxylic acids is 1. The van der Waals surface area contributed by atoms with Crippen molar-refractivity contribution in [3.63, 3.8) is 0 Å². The zero-order valence-electron chi connectivity index (χ0n) is 8.01. The number of rotatable bonds is 4. The van der Waals surface area contributed by atoms with E-state index in [1.807, 2.05) is 0 Å². The highest BCUT2D eigenvalue weighted by atomic mass is 19.1. The second-order valence-corrected chi connectivity index (χ2v) is 2.89. The molecule has 0 aliphatic carbocycles. The SMILES string of the molecule is C=CCNc1cccc(F)c1C(C)=O. The smallest absolute Gasteiger partial charge is 0.164 e. The van der Waals surface area contributed by atoms with Crippen molar-refractivity contribution in [3.8, 4) is 0 Å². The van der Waals surface area contributed by atoms with Gasteiger partial charge in [-0.05, 0) is 19.1 Å². The molecule has 1 aromatic carbocycles. The highest BCUT2D eigenvalue weighted by Gasteiger charge is 2.11. The quantitative estimate of drug-likeness (QED) is 0.588. The van der Waals surface area contributed by atoms with Crippen LogP contribution < -0.4 is 5.32 Å². The molecule has 0 aliphatic heterocycles. The zero-order valence-corrected chi connectivity index (χ0v) is 8.01.